The van der Waals surface area contributed by atoms with Gasteiger partial charge in [0.1, 0.15) is 4.60 Å². The van der Waals surface area contributed by atoms with Gasteiger partial charge in [0.15, 0.2) is 5.69 Å². The SMILES string of the molecule is O=C(O)c1cc(Br)n(-c2ccccc2)n1. The number of carbonyl (C=O) groups is 1. The van der Waals surface area contributed by atoms with Crippen LogP contribution in [0.25, 0.3) is 5.69 Å². The summed E-state index contributed by atoms with van der Waals surface area (Å²) in [7, 11) is 0. The van der Waals surface area contributed by atoms with E-state index in [2.05, 4.69) is 21.0 Å². The molecule has 0 fully saturated rings. The van der Waals surface area contributed by atoms with E-state index in [1.54, 1.807) is 0 Å². The molecule has 1 aromatic carbocycles. The second-order valence-electron chi connectivity index (χ2n) is 2.90. The number of nitrogens with zero attached hydrogens (tertiary/aromatic N) is 2. The van der Waals surface area contributed by atoms with Gasteiger partial charge in [-0.3, -0.25) is 0 Å². The lowest BCUT2D eigenvalue weighted by molar-refractivity contribution is 0.0690. The highest BCUT2D eigenvalue weighted by molar-refractivity contribution is 9.10. The van der Waals surface area contributed by atoms with Gasteiger partial charge >= 0.3 is 5.97 Å². The van der Waals surface area contributed by atoms with Crippen LogP contribution in [0, 0.1) is 0 Å². The van der Waals surface area contributed by atoms with Crippen molar-refractivity contribution in [2.24, 2.45) is 0 Å². The fourth-order valence-corrected chi connectivity index (χ4v) is 1.71. The van der Waals surface area contributed by atoms with E-state index in [9.17, 15) is 4.79 Å². The van der Waals surface area contributed by atoms with Crippen LogP contribution >= 0.6 is 15.9 Å². The molecule has 5 heteroatoms. The van der Waals surface area contributed by atoms with Gasteiger partial charge in [-0.2, -0.15) is 5.10 Å². The van der Waals surface area contributed by atoms with Crippen molar-refractivity contribution < 1.29 is 9.90 Å². The van der Waals surface area contributed by atoms with Gasteiger partial charge in [-0.05, 0) is 28.1 Å². The van der Waals surface area contributed by atoms with Crippen LogP contribution in [0.2, 0.25) is 0 Å². The van der Waals surface area contributed by atoms with Crippen molar-refractivity contribution in [3.05, 3.63) is 46.7 Å². The molecule has 4 nitrogen and oxygen atoms in total. The lowest BCUT2D eigenvalue weighted by Crippen LogP contribution is -2.01. The molecule has 0 bridgehead atoms. The number of carboxylic acid groups (broad SMARTS) is 1. The summed E-state index contributed by atoms with van der Waals surface area (Å²) in [6, 6.07) is 10.8. The first-order valence-electron chi connectivity index (χ1n) is 4.23. The van der Waals surface area contributed by atoms with E-state index >= 15 is 0 Å². The fourth-order valence-electron chi connectivity index (χ4n) is 1.21. The van der Waals surface area contributed by atoms with E-state index in [4.69, 9.17) is 5.11 Å². The standard InChI is InChI=1S/C10H7BrN2O2/c11-9-6-8(10(14)15)12-13(9)7-4-2-1-3-5-7/h1-6H,(H,14,15). The fraction of sp³-hybridized carbons (Fsp3) is 0. The third-order valence-corrected chi connectivity index (χ3v) is 2.45. The van der Waals surface area contributed by atoms with Gasteiger partial charge < -0.3 is 5.11 Å². The Morgan fingerprint density at radius 3 is 2.53 bits per heavy atom. The van der Waals surface area contributed by atoms with Crippen molar-refractivity contribution in [3.63, 3.8) is 0 Å². The van der Waals surface area contributed by atoms with E-state index in [1.807, 2.05) is 30.3 Å². The maximum atomic E-state index is 10.7. The minimum atomic E-state index is -1.04. The first-order chi connectivity index (χ1) is 7.18. The van der Waals surface area contributed by atoms with E-state index in [0.29, 0.717) is 4.60 Å². The maximum Gasteiger partial charge on any atom is 0.356 e. The molecule has 1 aromatic heterocycles. The van der Waals surface area contributed by atoms with Crippen molar-refractivity contribution in [1.29, 1.82) is 0 Å². The zero-order valence-electron chi connectivity index (χ0n) is 7.59. The van der Waals surface area contributed by atoms with Crippen molar-refractivity contribution in [3.8, 4) is 5.69 Å². The molecule has 2 aromatic rings. The van der Waals surface area contributed by atoms with E-state index in [1.165, 1.54) is 10.7 Å². The average molecular weight is 267 g/mol. The topological polar surface area (TPSA) is 55.1 Å². The van der Waals surface area contributed by atoms with Crippen LogP contribution in [0.1, 0.15) is 10.5 Å². The molecule has 0 unspecified atom stereocenters. The zero-order valence-corrected chi connectivity index (χ0v) is 9.18. The molecule has 0 saturated heterocycles. The van der Waals surface area contributed by atoms with Crippen LogP contribution in [0.5, 0.6) is 0 Å². The van der Waals surface area contributed by atoms with Gasteiger partial charge in [0, 0.05) is 6.07 Å². The highest BCUT2D eigenvalue weighted by Crippen LogP contribution is 2.17. The van der Waals surface area contributed by atoms with Crippen LogP contribution in [0.3, 0.4) is 0 Å². The number of benzene rings is 1. The van der Waals surface area contributed by atoms with Crippen LogP contribution in [-0.2, 0) is 0 Å². The Morgan fingerprint density at radius 2 is 2.00 bits per heavy atom. The quantitative estimate of drug-likeness (QED) is 0.908. The summed E-state index contributed by atoms with van der Waals surface area (Å²) in [4.78, 5) is 10.7. The molecule has 0 aliphatic carbocycles. The summed E-state index contributed by atoms with van der Waals surface area (Å²) in [5.74, 6) is -1.04. The van der Waals surface area contributed by atoms with E-state index in [-0.39, 0.29) is 5.69 Å². The molecule has 0 spiro atoms. The van der Waals surface area contributed by atoms with Crippen molar-refractivity contribution in [2.75, 3.05) is 0 Å². The van der Waals surface area contributed by atoms with Gasteiger partial charge in [0.2, 0.25) is 0 Å². The smallest absolute Gasteiger partial charge is 0.356 e. The van der Waals surface area contributed by atoms with Crippen LogP contribution < -0.4 is 0 Å². The average Bonchev–Trinajstić information content (AvgIpc) is 2.62. The van der Waals surface area contributed by atoms with Crippen molar-refractivity contribution in [2.45, 2.75) is 0 Å². The van der Waals surface area contributed by atoms with Gasteiger partial charge in [-0.1, -0.05) is 18.2 Å². The Kier molecular flexibility index (Phi) is 2.55. The number of para-hydroxylation sites is 1. The lowest BCUT2D eigenvalue weighted by Gasteiger charge is -2.01. The monoisotopic (exact) mass is 266 g/mol. The first kappa shape index (κ1) is 9.92. The predicted molar refractivity (Wildman–Crippen MR) is 58.2 cm³/mol. The Hall–Kier alpha value is -1.62. The highest BCUT2D eigenvalue weighted by Gasteiger charge is 2.11. The predicted octanol–water partition coefficient (Wildman–Crippen LogP) is 2.33. The molecule has 0 atom stereocenters. The summed E-state index contributed by atoms with van der Waals surface area (Å²) < 4.78 is 2.15. The van der Waals surface area contributed by atoms with Crippen molar-refractivity contribution >= 4 is 21.9 Å². The number of hydrogen-bond acceptors (Lipinski definition) is 2. The Labute approximate surface area is 94.3 Å². The van der Waals surface area contributed by atoms with Gasteiger partial charge in [0.05, 0.1) is 5.69 Å². The van der Waals surface area contributed by atoms with Gasteiger partial charge in [-0.25, -0.2) is 9.48 Å². The van der Waals surface area contributed by atoms with E-state index in [0.717, 1.165) is 5.69 Å². The molecule has 0 radical (unpaired) electrons. The molecule has 15 heavy (non-hydrogen) atoms. The molecule has 76 valence electrons. The maximum absolute atomic E-state index is 10.7. The molecule has 0 aliphatic rings. The third-order valence-electron chi connectivity index (χ3n) is 1.89. The summed E-state index contributed by atoms with van der Waals surface area (Å²) in [5, 5.41) is 12.7. The van der Waals surface area contributed by atoms with Crippen molar-refractivity contribution in [1.82, 2.24) is 9.78 Å². The number of hydrogen-bond donors (Lipinski definition) is 1. The molecule has 0 aliphatic heterocycles. The molecule has 0 amide bonds. The van der Waals surface area contributed by atoms with Crippen LogP contribution in [0.15, 0.2) is 41.0 Å². The second-order valence-corrected chi connectivity index (χ2v) is 3.72. The summed E-state index contributed by atoms with van der Waals surface area (Å²) in [5.41, 5.74) is 0.836. The number of aromatic nitrogens is 2. The second kappa shape index (κ2) is 3.86. The Balaban J connectivity index is 2.50. The molecule has 2 rings (SSSR count). The molecule has 0 saturated carbocycles. The third kappa shape index (κ3) is 1.92. The minimum absolute atomic E-state index is 0.0192. The molecule has 1 N–H and O–H groups in total. The first-order valence-corrected chi connectivity index (χ1v) is 5.02. The van der Waals surface area contributed by atoms with Crippen LogP contribution in [-0.4, -0.2) is 20.9 Å². The van der Waals surface area contributed by atoms with E-state index < -0.39 is 5.97 Å². The summed E-state index contributed by atoms with van der Waals surface area (Å²) in [6.45, 7) is 0. The number of carboxylic acids is 1. The molecular formula is C10H7BrN2O2. The lowest BCUT2D eigenvalue weighted by atomic mass is 10.3. The largest absolute Gasteiger partial charge is 0.476 e. The number of aromatic carboxylic acids is 1. The molecule has 1 heterocycles. The summed E-state index contributed by atoms with van der Waals surface area (Å²) >= 11 is 3.26. The van der Waals surface area contributed by atoms with Crippen LogP contribution in [0.4, 0.5) is 0 Å². The minimum Gasteiger partial charge on any atom is -0.476 e. The number of rotatable bonds is 2. The normalized spacial score (nSPS) is 10.2. The van der Waals surface area contributed by atoms with Gasteiger partial charge in [0.25, 0.3) is 0 Å². The Bertz CT molecular complexity index is 493. The zero-order chi connectivity index (χ0) is 10.8. The van der Waals surface area contributed by atoms with Gasteiger partial charge in [-0.15, -0.1) is 0 Å². The summed E-state index contributed by atoms with van der Waals surface area (Å²) in [6.07, 6.45) is 0. The molecular weight excluding hydrogens is 260 g/mol. The number of halogens is 1. The Morgan fingerprint density at radius 1 is 1.33 bits per heavy atom. The highest BCUT2D eigenvalue weighted by atomic mass is 79.9.